The molecular weight excluding hydrogens is 503 g/mol. The molecule has 0 bridgehead atoms. The summed E-state index contributed by atoms with van der Waals surface area (Å²) in [6, 6.07) is 12.1. The van der Waals surface area contributed by atoms with Crippen LogP contribution in [-0.2, 0) is 4.74 Å². The molecule has 1 amide bonds. The highest BCUT2D eigenvalue weighted by Gasteiger charge is 2.27. The van der Waals surface area contributed by atoms with Crippen molar-refractivity contribution in [3.63, 3.8) is 0 Å². The van der Waals surface area contributed by atoms with Crippen LogP contribution in [-0.4, -0.2) is 80.6 Å². The van der Waals surface area contributed by atoms with E-state index in [0.29, 0.717) is 54.7 Å². The molecule has 1 atom stereocenters. The van der Waals surface area contributed by atoms with E-state index < -0.39 is 19.1 Å². The number of benzene rings is 1. The quantitative estimate of drug-likeness (QED) is 0.314. The molecule has 3 N–H and O–H groups in total. The Morgan fingerprint density at radius 1 is 1.11 bits per heavy atom. The standard InChI is InChI=1S/C25H24F3N7O3/c26-25(27,28)15-31-24(37)32-18-3-1-2-16(12-18)20-14-30-21-13-17(5-7-35(20)21)22-29-6-4-19(33-22)23(36)34-8-10-38-11-9-34/h1-7,12-14,24,31-32,37H,8-11,15H2. The molecule has 0 spiro atoms. The molecule has 198 valence electrons. The van der Waals surface area contributed by atoms with Gasteiger partial charge in [0.15, 0.2) is 12.2 Å². The normalized spacial score (nSPS) is 15.0. The van der Waals surface area contributed by atoms with Crippen molar-refractivity contribution < 1.29 is 27.8 Å². The third-order valence-electron chi connectivity index (χ3n) is 5.90. The third-order valence-corrected chi connectivity index (χ3v) is 5.90. The lowest BCUT2D eigenvalue weighted by Gasteiger charge is -2.26. The van der Waals surface area contributed by atoms with Crippen molar-refractivity contribution in [2.24, 2.45) is 0 Å². The number of carbonyl (C=O) groups excluding carboxylic acids is 1. The van der Waals surface area contributed by atoms with Gasteiger partial charge in [-0.2, -0.15) is 13.2 Å². The van der Waals surface area contributed by atoms with Gasteiger partial charge in [-0.15, -0.1) is 0 Å². The fourth-order valence-corrected chi connectivity index (χ4v) is 4.07. The minimum atomic E-state index is -4.44. The second-order valence-corrected chi connectivity index (χ2v) is 8.58. The minimum Gasteiger partial charge on any atom is -0.378 e. The van der Waals surface area contributed by atoms with Crippen LogP contribution in [0.1, 0.15) is 10.5 Å². The van der Waals surface area contributed by atoms with Crippen LogP contribution in [0.5, 0.6) is 0 Å². The van der Waals surface area contributed by atoms with Gasteiger partial charge in [0, 0.05) is 42.3 Å². The van der Waals surface area contributed by atoms with Gasteiger partial charge in [0.2, 0.25) is 0 Å². The molecule has 1 aliphatic heterocycles. The number of hydrogen-bond acceptors (Lipinski definition) is 8. The number of pyridine rings is 1. The van der Waals surface area contributed by atoms with Gasteiger partial charge < -0.3 is 20.1 Å². The van der Waals surface area contributed by atoms with Crippen molar-refractivity contribution in [1.29, 1.82) is 0 Å². The van der Waals surface area contributed by atoms with Crippen molar-refractivity contribution in [1.82, 2.24) is 29.6 Å². The Labute approximate surface area is 215 Å². The van der Waals surface area contributed by atoms with Crippen LogP contribution >= 0.6 is 0 Å². The number of alkyl halides is 3. The number of rotatable bonds is 7. The molecule has 1 fully saturated rings. The summed E-state index contributed by atoms with van der Waals surface area (Å²) in [6.45, 7) is 0.694. The number of nitrogens with one attached hydrogen (secondary N) is 2. The molecule has 4 aromatic rings. The zero-order chi connectivity index (χ0) is 26.7. The summed E-state index contributed by atoms with van der Waals surface area (Å²) in [5.74, 6) is 0.219. The second kappa shape index (κ2) is 10.7. The van der Waals surface area contributed by atoms with Gasteiger partial charge in [-0.05, 0) is 30.3 Å². The average Bonchev–Trinajstić information content (AvgIpc) is 3.35. The lowest BCUT2D eigenvalue weighted by molar-refractivity contribution is -0.130. The van der Waals surface area contributed by atoms with Gasteiger partial charge in [-0.25, -0.2) is 15.0 Å². The van der Waals surface area contributed by atoms with Crippen LogP contribution in [0.15, 0.2) is 61.1 Å². The molecule has 1 aromatic carbocycles. The third kappa shape index (κ3) is 5.90. The summed E-state index contributed by atoms with van der Waals surface area (Å²) in [5.41, 5.74) is 3.47. The summed E-state index contributed by atoms with van der Waals surface area (Å²) < 4.78 is 44.3. The Morgan fingerprint density at radius 3 is 2.71 bits per heavy atom. The molecule has 5 rings (SSSR count). The van der Waals surface area contributed by atoms with E-state index in [-0.39, 0.29) is 5.91 Å². The van der Waals surface area contributed by atoms with Crippen molar-refractivity contribution in [2.45, 2.75) is 12.5 Å². The van der Waals surface area contributed by atoms with Gasteiger partial charge in [-0.1, -0.05) is 12.1 Å². The first-order valence-corrected chi connectivity index (χ1v) is 11.8. The summed E-state index contributed by atoms with van der Waals surface area (Å²) in [6.07, 6.45) is -1.01. The molecule has 1 aliphatic rings. The number of anilines is 1. The lowest BCUT2D eigenvalue weighted by Crippen LogP contribution is -2.41. The van der Waals surface area contributed by atoms with Gasteiger partial charge in [0.1, 0.15) is 11.3 Å². The van der Waals surface area contributed by atoms with Crippen LogP contribution in [0.3, 0.4) is 0 Å². The van der Waals surface area contributed by atoms with Crippen LogP contribution in [0, 0.1) is 0 Å². The molecule has 13 heteroatoms. The van der Waals surface area contributed by atoms with E-state index >= 15 is 0 Å². The smallest absolute Gasteiger partial charge is 0.378 e. The number of nitrogens with zero attached hydrogens (tertiary/aromatic N) is 5. The van der Waals surface area contributed by atoms with E-state index in [4.69, 9.17) is 4.74 Å². The van der Waals surface area contributed by atoms with Gasteiger partial charge in [-0.3, -0.25) is 14.5 Å². The molecule has 4 heterocycles. The molecule has 1 unspecified atom stereocenters. The molecule has 1 saturated heterocycles. The molecule has 0 radical (unpaired) electrons. The second-order valence-electron chi connectivity index (χ2n) is 8.58. The number of ether oxygens (including phenoxy) is 1. The summed E-state index contributed by atoms with van der Waals surface area (Å²) in [5, 5.41) is 14.4. The predicted molar refractivity (Wildman–Crippen MR) is 132 cm³/mol. The van der Waals surface area contributed by atoms with Gasteiger partial charge >= 0.3 is 6.18 Å². The Bertz CT molecular complexity index is 1440. The Kier molecular flexibility index (Phi) is 7.22. The number of aromatic nitrogens is 4. The highest BCUT2D eigenvalue weighted by atomic mass is 19.4. The summed E-state index contributed by atoms with van der Waals surface area (Å²) >= 11 is 0. The number of halogens is 3. The van der Waals surface area contributed by atoms with E-state index in [1.54, 1.807) is 53.8 Å². The van der Waals surface area contributed by atoms with Crippen LogP contribution in [0.25, 0.3) is 28.3 Å². The van der Waals surface area contributed by atoms with Crippen molar-refractivity contribution in [2.75, 3.05) is 38.2 Å². The Hall–Kier alpha value is -4.07. The maximum Gasteiger partial charge on any atom is 0.401 e. The van der Waals surface area contributed by atoms with Gasteiger partial charge in [0.05, 0.1) is 31.6 Å². The van der Waals surface area contributed by atoms with Crippen LogP contribution in [0.2, 0.25) is 0 Å². The zero-order valence-corrected chi connectivity index (χ0v) is 20.0. The maximum absolute atomic E-state index is 12.8. The number of carbonyl (C=O) groups is 1. The van der Waals surface area contributed by atoms with E-state index in [2.05, 4.69) is 20.3 Å². The summed E-state index contributed by atoms with van der Waals surface area (Å²) in [4.78, 5) is 27.8. The zero-order valence-electron chi connectivity index (χ0n) is 20.0. The Morgan fingerprint density at radius 2 is 1.92 bits per heavy atom. The first kappa shape index (κ1) is 25.6. The molecule has 10 nitrogen and oxygen atoms in total. The SMILES string of the molecule is O=C(c1ccnc(-c2ccn3c(-c4cccc(NC(O)NCC(F)(F)F)c4)cnc3c2)n1)N1CCOCC1. The van der Waals surface area contributed by atoms with Crippen LogP contribution < -0.4 is 10.6 Å². The molecule has 3 aromatic heterocycles. The number of imidazole rings is 1. The van der Waals surface area contributed by atoms with E-state index in [1.165, 1.54) is 0 Å². The van der Waals surface area contributed by atoms with E-state index in [0.717, 1.165) is 11.3 Å². The van der Waals surface area contributed by atoms with Gasteiger partial charge in [0.25, 0.3) is 5.91 Å². The van der Waals surface area contributed by atoms with Crippen molar-refractivity contribution in [3.8, 4) is 22.6 Å². The number of amides is 1. The van der Waals surface area contributed by atoms with Crippen LogP contribution in [0.4, 0.5) is 18.9 Å². The fraction of sp³-hybridized carbons (Fsp3) is 0.280. The first-order chi connectivity index (χ1) is 18.3. The first-order valence-electron chi connectivity index (χ1n) is 11.8. The largest absolute Gasteiger partial charge is 0.401 e. The topological polar surface area (TPSA) is 117 Å². The lowest BCUT2D eigenvalue weighted by atomic mass is 10.1. The van der Waals surface area contributed by atoms with E-state index in [9.17, 15) is 23.1 Å². The average molecular weight is 528 g/mol. The Balaban J connectivity index is 1.35. The fourth-order valence-electron chi connectivity index (χ4n) is 4.07. The van der Waals surface area contributed by atoms with Crippen molar-refractivity contribution in [3.05, 3.63) is 66.7 Å². The molecular formula is C25H24F3N7O3. The number of hydrogen-bond donors (Lipinski definition) is 3. The van der Waals surface area contributed by atoms with Crippen molar-refractivity contribution >= 4 is 17.2 Å². The number of morpholine rings is 1. The predicted octanol–water partition coefficient (Wildman–Crippen LogP) is 2.77. The minimum absolute atomic E-state index is 0.173. The monoisotopic (exact) mass is 527 g/mol. The highest BCUT2D eigenvalue weighted by molar-refractivity contribution is 5.92. The molecule has 38 heavy (non-hydrogen) atoms. The number of aliphatic hydroxyl groups excluding tert-OH is 1. The number of aliphatic hydroxyl groups is 1. The highest BCUT2D eigenvalue weighted by Crippen LogP contribution is 2.26. The summed E-state index contributed by atoms with van der Waals surface area (Å²) in [7, 11) is 0. The number of fused-ring (bicyclic) bond motifs is 1. The van der Waals surface area contributed by atoms with E-state index in [1.807, 2.05) is 21.9 Å². The molecule has 0 aliphatic carbocycles. The maximum atomic E-state index is 12.8. The molecule has 0 saturated carbocycles.